The minimum absolute atomic E-state index is 0.00848. The number of hydrogen-bond acceptors (Lipinski definition) is 4. The molecule has 5 nitrogen and oxygen atoms in total. The van der Waals surface area contributed by atoms with Gasteiger partial charge in [-0.2, -0.15) is 0 Å². The molecular weight excluding hydrogens is 384 g/mol. The van der Waals surface area contributed by atoms with Gasteiger partial charge < -0.3 is 4.74 Å². The third kappa shape index (κ3) is 4.49. The van der Waals surface area contributed by atoms with Gasteiger partial charge >= 0.3 is 0 Å². The molecule has 1 N–H and O–H groups in total. The molecule has 0 radical (unpaired) electrons. The first-order valence-electron chi connectivity index (χ1n) is 9.45. The van der Waals surface area contributed by atoms with E-state index in [-0.39, 0.29) is 10.9 Å². The third-order valence-corrected chi connectivity index (χ3v) is 6.14. The predicted octanol–water partition coefficient (Wildman–Crippen LogP) is 4.18. The highest BCUT2D eigenvalue weighted by atomic mass is 32.2. The molecule has 0 saturated heterocycles. The average Bonchev–Trinajstić information content (AvgIpc) is 3.17. The van der Waals surface area contributed by atoms with Gasteiger partial charge in [0.15, 0.2) is 0 Å². The van der Waals surface area contributed by atoms with Gasteiger partial charge in [-0.25, -0.2) is 13.4 Å². The van der Waals surface area contributed by atoms with Crippen molar-refractivity contribution in [2.24, 2.45) is 4.99 Å². The summed E-state index contributed by atoms with van der Waals surface area (Å²) in [5.74, 6) is 0.466. The second kappa shape index (κ2) is 8.09. The predicted molar refractivity (Wildman–Crippen MR) is 115 cm³/mol. The first-order valence-corrected chi connectivity index (χ1v) is 10.9. The lowest BCUT2D eigenvalue weighted by atomic mass is 10.1. The van der Waals surface area contributed by atoms with Gasteiger partial charge in [-0.15, -0.1) is 0 Å². The molecule has 0 amide bonds. The maximum absolute atomic E-state index is 12.8. The zero-order valence-corrected chi connectivity index (χ0v) is 16.9. The van der Waals surface area contributed by atoms with E-state index in [1.807, 2.05) is 37.3 Å². The van der Waals surface area contributed by atoms with Crippen molar-refractivity contribution in [2.45, 2.75) is 24.3 Å². The van der Waals surface area contributed by atoms with Crippen LogP contribution in [0.3, 0.4) is 0 Å². The Balaban J connectivity index is 1.57. The lowest BCUT2D eigenvalue weighted by molar-refractivity contribution is 0.317. The number of para-hydroxylation sites is 1. The molecule has 4 rings (SSSR count). The molecular formula is C23H22N2O3S. The Morgan fingerprint density at radius 3 is 2.41 bits per heavy atom. The molecule has 1 heterocycles. The van der Waals surface area contributed by atoms with Gasteiger partial charge in [-0.3, -0.25) is 4.72 Å². The Hall–Kier alpha value is -3.12. The van der Waals surface area contributed by atoms with Gasteiger partial charge in [0, 0.05) is 0 Å². The summed E-state index contributed by atoms with van der Waals surface area (Å²) in [6.45, 7) is 2.39. The largest absolute Gasteiger partial charge is 0.475 e. The third-order valence-electron chi connectivity index (χ3n) is 4.76. The quantitative estimate of drug-likeness (QED) is 0.668. The minimum Gasteiger partial charge on any atom is -0.475 e. The number of anilines is 1. The summed E-state index contributed by atoms with van der Waals surface area (Å²) in [7, 11) is -3.70. The first kappa shape index (κ1) is 19.2. The van der Waals surface area contributed by atoms with Crippen LogP contribution in [-0.4, -0.2) is 27.0 Å². The molecule has 0 spiro atoms. The van der Waals surface area contributed by atoms with E-state index in [9.17, 15) is 8.42 Å². The minimum atomic E-state index is -3.70. The van der Waals surface area contributed by atoms with Crippen LogP contribution < -0.4 is 4.72 Å². The average molecular weight is 407 g/mol. The second-order valence-electron chi connectivity index (χ2n) is 7.05. The van der Waals surface area contributed by atoms with Crippen LogP contribution in [0.5, 0.6) is 0 Å². The molecule has 1 aliphatic heterocycles. The molecule has 1 atom stereocenters. The summed E-state index contributed by atoms with van der Waals surface area (Å²) >= 11 is 0. The molecule has 0 aromatic heterocycles. The maximum atomic E-state index is 12.8. The van der Waals surface area contributed by atoms with Crippen LogP contribution in [0.1, 0.15) is 16.7 Å². The van der Waals surface area contributed by atoms with E-state index in [0.29, 0.717) is 23.8 Å². The number of ether oxygens (including phenoxy) is 1. The summed E-state index contributed by atoms with van der Waals surface area (Å²) in [4.78, 5) is 4.90. The first-order chi connectivity index (χ1) is 14.0. The molecule has 0 saturated carbocycles. The molecule has 3 aromatic carbocycles. The van der Waals surface area contributed by atoms with Gasteiger partial charge in [-0.05, 0) is 43.2 Å². The number of nitrogens with zero attached hydrogens (tertiary/aromatic N) is 1. The van der Waals surface area contributed by atoms with Gasteiger partial charge in [0.25, 0.3) is 10.0 Å². The van der Waals surface area contributed by atoms with Crippen LogP contribution in [0, 0.1) is 6.92 Å². The molecule has 1 unspecified atom stereocenters. The van der Waals surface area contributed by atoms with Crippen LogP contribution in [0.15, 0.2) is 88.8 Å². The highest BCUT2D eigenvalue weighted by molar-refractivity contribution is 7.92. The lowest BCUT2D eigenvalue weighted by Crippen LogP contribution is -2.16. The molecule has 3 aromatic rings. The molecule has 29 heavy (non-hydrogen) atoms. The Morgan fingerprint density at radius 1 is 0.966 bits per heavy atom. The monoisotopic (exact) mass is 406 g/mol. The van der Waals surface area contributed by atoms with Crippen molar-refractivity contribution < 1.29 is 13.2 Å². The van der Waals surface area contributed by atoms with Crippen molar-refractivity contribution in [2.75, 3.05) is 11.3 Å². The topological polar surface area (TPSA) is 67.8 Å². The lowest BCUT2D eigenvalue weighted by Gasteiger charge is -2.12. The number of rotatable bonds is 6. The molecule has 148 valence electrons. The zero-order chi connectivity index (χ0) is 20.3. The van der Waals surface area contributed by atoms with E-state index >= 15 is 0 Å². The van der Waals surface area contributed by atoms with E-state index in [1.165, 1.54) is 5.56 Å². The van der Waals surface area contributed by atoms with Gasteiger partial charge in [0.2, 0.25) is 5.90 Å². The number of sulfonamides is 1. The fourth-order valence-electron chi connectivity index (χ4n) is 3.23. The van der Waals surface area contributed by atoms with Crippen molar-refractivity contribution in [3.63, 3.8) is 0 Å². The maximum Gasteiger partial charge on any atom is 0.261 e. The Labute approximate surface area is 171 Å². The van der Waals surface area contributed by atoms with E-state index in [2.05, 4.69) is 21.8 Å². The summed E-state index contributed by atoms with van der Waals surface area (Å²) in [5.41, 5.74) is 3.29. The second-order valence-corrected chi connectivity index (χ2v) is 8.74. The number of benzene rings is 3. The summed E-state index contributed by atoms with van der Waals surface area (Å²) < 4.78 is 34.1. The summed E-state index contributed by atoms with van der Waals surface area (Å²) in [6.07, 6.45) is 0.779. The number of aryl methyl sites for hydroxylation is 1. The highest BCUT2D eigenvalue weighted by Gasteiger charge is 2.24. The van der Waals surface area contributed by atoms with Crippen molar-refractivity contribution in [1.29, 1.82) is 0 Å². The zero-order valence-electron chi connectivity index (χ0n) is 16.1. The smallest absolute Gasteiger partial charge is 0.261 e. The molecule has 0 fully saturated rings. The van der Waals surface area contributed by atoms with Crippen molar-refractivity contribution in [1.82, 2.24) is 0 Å². The summed E-state index contributed by atoms with van der Waals surface area (Å²) in [6, 6.07) is 24.0. The normalized spacial score (nSPS) is 16.2. The van der Waals surface area contributed by atoms with E-state index in [4.69, 9.17) is 4.74 Å². The van der Waals surface area contributed by atoms with Crippen LogP contribution in [0.4, 0.5) is 5.69 Å². The highest BCUT2D eigenvalue weighted by Crippen LogP contribution is 2.24. The SMILES string of the molecule is Cc1ccc(S(=O)(=O)Nc2ccccc2C2=NC(Cc3ccccc3)CO2)cc1. The van der Waals surface area contributed by atoms with E-state index < -0.39 is 10.0 Å². The fraction of sp³-hybridized carbons (Fsp3) is 0.174. The molecule has 1 aliphatic rings. The fourth-order valence-corrected chi connectivity index (χ4v) is 4.31. The number of aliphatic imine (C=N–C) groups is 1. The Bertz CT molecular complexity index is 1120. The van der Waals surface area contributed by atoms with Crippen LogP contribution in [-0.2, 0) is 21.2 Å². The molecule has 0 aliphatic carbocycles. The Morgan fingerprint density at radius 2 is 1.66 bits per heavy atom. The molecule has 6 heteroatoms. The Kier molecular flexibility index (Phi) is 5.36. The van der Waals surface area contributed by atoms with Crippen LogP contribution >= 0.6 is 0 Å². The molecule has 0 bridgehead atoms. The van der Waals surface area contributed by atoms with Crippen molar-refractivity contribution in [3.8, 4) is 0 Å². The summed E-state index contributed by atoms with van der Waals surface area (Å²) in [5, 5.41) is 0. The van der Waals surface area contributed by atoms with E-state index in [0.717, 1.165) is 12.0 Å². The van der Waals surface area contributed by atoms with Gasteiger partial charge in [0.05, 0.1) is 22.2 Å². The van der Waals surface area contributed by atoms with Crippen LogP contribution in [0.25, 0.3) is 0 Å². The van der Waals surface area contributed by atoms with Crippen molar-refractivity contribution >= 4 is 21.6 Å². The van der Waals surface area contributed by atoms with Crippen LogP contribution in [0.2, 0.25) is 0 Å². The standard InChI is InChI=1S/C23H22N2O3S/c1-17-11-13-20(14-12-17)29(26,27)25-22-10-6-5-9-21(22)23-24-19(16-28-23)15-18-7-3-2-4-8-18/h2-14,19,25H,15-16H2,1H3. The number of hydrogen-bond donors (Lipinski definition) is 1. The van der Waals surface area contributed by atoms with Gasteiger partial charge in [0.1, 0.15) is 6.61 Å². The van der Waals surface area contributed by atoms with Crippen molar-refractivity contribution in [3.05, 3.63) is 95.6 Å². The number of nitrogens with one attached hydrogen (secondary N) is 1. The van der Waals surface area contributed by atoms with Gasteiger partial charge in [-0.1, -0.05) is 60.2 Å². The van der Waals surface area contributed by atoms with E-state index in [1.54, 1.807) is 36.4 Å².